The van der Waals surface area contributed by atoms with Gasteiger partial charge in [-0.15, -0.1) is 0 Å². The zero-order valence-corrected chi connectivity index (χ0v) is 14.8. The van der Waals surface area contributed by atoms with E-state index in [-0.39, 0.29) is 29.6 Å². The standard InChI is InChI=1S/C16H24N2O5S/c1-17-24(21,22)15-6-3-12(4-7-15)5-8-16(20)18-10-14(23-2)9-13(18)11-19/h3-4,6-7,13-14,17,19H,5,8-11H2,1-2H3/t13-,14+/m0/s1. The van der Waals surface area contributed by atoms with Crippen molar-refractivity contribution in [2.45, 2.75) is 36.3 Å². The lowest BCUT2D eigenvalue weighted by molar-refractivity contribution is -0.133. The van der Waals surface area contributed by atoms with Gasteiger partial charge in [0.15, 0.2) is 0 Å². The summed E-state index contributed by atoms with van der Waals surface area (Å²) in [5.74, 6) is -0.0273. The first kappa shape index (κ1) is 18.9. The molecule has 0 aliphatic carbocycles. The summed E-state index contributed by atoms with van der Waals surface area (Å²) in [4.78, 5) is 14.2. The highest BCUT2D eigenvalue weighted by atomic mass is 32.2. The minimum atomic E-state index is -3.45. The number of methoxy groups -OCH3 is 1. The third-order valence-electron chi connectivity index (χ3n) is 4.37. The summed E-state index contributed by atoms with van der Waals surface area (Å²) in [5, 5.41) is 9.40. The van der Waals surface area contributed by atoms with Crippen LogP contribution < -0.4 is 4.72 Å². The van der Waals surface area contributed by atoms with Gasteiger partial charge < -0.3 is 14.7 Å². The van der Waals surface area contributed by atoms with E-state index in [1.165, 1.54) is 19.2 Å². The van der Waals surface area contributed by atoms with Gasteiger partial charge in [0, 0.05) is 20.1 Å². The van der Waals surface area contributed by atoms with Crippen LogP contribution in [0.1, 0.15) is 18.4 Å². The zero-order chi connectivity index (χ0) is 17.7. The van der Waals surface area contributed by atoms with E-state index in [9.17, 15) is 18.3 Å². The van der Waals surface area contributed by atoms with E-state index in [0.717, 1.165) is 5.56 Å². The zero-order valence-electron chi connectivity index (χ0n) is 13.9. The van der Waals surface area contributed by atoms with E-state index in [1.807, 2.05) is 0 Å². The summed E-state index contributed by atoms with van der Waals surface area (Å²) in [6, 6.07) is 6.29. The number of rotatable bonds is 7. The molecule has 1 aliphatic heterocycles. The molecule has 0 saturated carbocycles. The summed E-state index contributed by atoms with van der Waals surface area (Å²) in [7, 11) is -0.477. The number of carbonyl (C=O) groups excluding carboxylic acids is 1. The van der Waals surface area contributed by atoms with Gasteiger partial charge in [0.25, 0.3) is 0 Å². The molecule has 1 fully saturated rings. The van der Waals surface area contributed by atoms with E-state index >= 15 is 0 Å². The highest BCUT2D eigenvalue weighted by Crippen LogP contribution is 2.21. The molecule has 8 heteroatoms. The summed E-state index contributed by atoms with van der Waals surface area (Å²) in [5.41, 5.74) is 0.890. The predicted molar refractivity (Wildman–Crippen MR) is 89.0 cm³/mol. The number of likely N-dealkylation sites (tertiary alicyclic amines) is 1. The van der Waals surface area contributed by atoms with E-state index in [2.05, 4.69) is 4.72 Å². The van der Waals surface area contributed by atoms with Crippen LogP contribution in [0, 0.1) is 0 Å². The Balaban J connectivity index is 1.94. The van der Waals surface area contributed by atoms with Crippen LogP contribution in [0.4, 0.5) is 0 Å². The van der Waals surface area contributed by atoms with Gasteiger partial charge in [0.2, 0.25) is 15.9 Å². The number of nitrogens with one attached hydrogen (secondary N) is 1. The van der Waals surface area contributed by atoms with Crippen molar-refractivity contribution in [1.29, 1.82) is 0 Å². The number of hydrogen-bond donors (Lipinski definition) is 2. The van der Waals surface area contributed by atoms with Crippen molar-refractivity contribution in [3.05, 3.63) is 29.8 Å². The van der Waals surface area contributed by atoms with Crippen LogP contribution in [0.3, 0.4) is 0 Å². The molecule has 1 aromatic rings. The van der Waals surface area contributed by atoms with Crippen LogP contribution in [0.15, 0.2) is 29.2 Å². The summed E-state index contributed by atoms with van der Waals surface area (Å²) in [6.45, 7) is 0.433. The van der Waals surface area contributed by atoms with Crippen molar-refractivity contribution in [3.8, 4) is 0 Å². The summed E-state index contributed by atoms with van der Waals surface area (Å²) >= 11 is 0. The fraction of sp³-hybridized carbons (Fsp3) is 0.562. The van der Waals surface area contributed by atoms with Crippen LogP contribution in [-0.2, 0) is 26.0 Å². The number of carbonyl (C=O) groups is 1. The molecule has 0 bridgehead atoms. The lowest BCUT2D eigenvalue weighted by atomic mass is 10.1. The third kappa shape index (κ3) is 4.32. The van der Waals surface area contributed by atoms with E-state index in [0.29, 0.717) is 25.8 Å². The quantitative estimate of drug-likeness (QED) is 0.724. The van der Waals surface area contributed by atoms with Crippen molar-refractivity contribution in [2.24, 2.45) is 0 Å². The summed E-state index contributed by atoms with van der Waals surface area (Å²) in [6.07, 6.45) is 1.45. The Bertz CT molecular complexity index is 660. The van der Waals surface area contributed by atoms with Crippen LogP contribution in [-0.4, -0.2) is 63.8 Å². The maximum atomic E-state index is 12.4. The van der Waals surface area contributed by atoms with Gasteiger partial charge in [-0.2, -0.15) is 0 Å². The van der Waals surface area contributed by atoms with Crippen molar-refractivity contribution in [2.75, 3.05) is 27.3 Å². The molecular weight excluding hydrogens is 332 g/mol. The molecule has 7 nitrogen and oxygen atoms in total. The summed E-state index contributed by atoms with van der Waals surface area (Å²) < 4.78 is 30.9. The first-order chi connectivity index (χ1) is 11.4. The predicted octanol–water partition coefficient (Wildman–Crippen LogP) is 0.136. The van der Waals surface area contributed by atoms with Crippen molar-refractivity contribution >= 4 is 15.9 Å². The van der Waals surface area contributed by atoms with Gasteiger partial charge in [-0.3, -0.25) is 4.79 Å². The molecule has 134 valence electrons. The number of aliphatic hydroxyl groups is 1. The SMILES string of the molecule is CNS(=O)(=O)c1ccc(CCC(=O)N2C[C@H](OC)C[C@H]2CO)cc1. The third-order valence-corrected chi connectivity index (χ3v) is 5.80. The van der Waals surface area contributed by atoms with E-state index in [4.69, 9.17) is 4.74 Å². The number of aryl methyl sites for hydroxylation is 1. The Labute approximate surface area is 142 Å². The first-order valence-corrected chi connectivity index (χ1v) is 9.35. The van der Waals surface area contributed by atoms with Crippen molar-refractivity contribution in [1.82, 2.24) is 9.62 Å². The first-order valence-electron chi connectivity index (χ1n) is 7.87. The van der Waals surface area contributed by atoms with E-state index in [1.54, 1.807) is 24.1 Å². The number of sulfonamides is 1. The number of hydrogen-bond acceptors (Lipinski definition) is 5. The van der Waals surface area contributed by atoms with Crippen LogP contribution in [0.5, 0.6) is 0 Å². The van der Waals surface area contributed by atoms with Gasteiger partial charge in [-0.25, -0.2) is 13.1 Å². The lowest BCUT2D eigenvalue weighted by Crippen LogP contribution is -2.38. The topological polar surface area (TPSA) is 95.9 Å². The molecule has 1 amide bonds. The second kappa shape index (κ2) is 8.06. The molecule has 0 spiro atoms. The van der Waals surface area contributed by atoms with Crippen LogP contribution in [0.25, 0.3) is 0 Å². The lowest BCUT2D eigenvalue weighted by Gasteiger charge is -2.22. The number of nitrogens with zero attached hydrogens (tertiary/aromatic N) is 1. The molecular formula is C16H24N2O5S. The maximum absolute atomic E-state index is 12.4. The average Bonchev–Trinajstić information content (AvgIpc) is 3.03. The Morgan fingerprint density at radius 2 is 2.04 bits per heavy atom. The number of ether oxygens (including phenoxy) is 1. The van der Waals surface area contributed by atoms with Crippen LogP contribution in [0.2, 0.25) is 0 Å². The molecule has 1 aromatic carbocycles. The van der Waals surface area contributed by atoms with Gasteiger partial charge in [0.05, 0.1) is 23.6 Å². The Morgan fingerprint density at radius 1 is 1.38 bits per heavy atom. The van der Waals surface area contributed by atoms with Crippen molar-refractivity contribution < 1.29 is 23.1 Å². The molecule has 24 heavy (non-hydrogen) atoms. The van der Waals surface area contributed by atoms with Crippen LogP contribution >= 0.6 is 0 Å². The minimum Gasteiger partial charge on any atom is -0.394 e. The molecule has 0 unspecified atom stereocenters. The molecule has 1 heterocycles. The Hall–Kier alpha value is -1.48. The number of benzene rings is 1. The minimum absolute atomic E-state index is 0.0273. The molecule has 1 aliphatic rings. The number of aliphatic hydroxyl groups excluding tert-OH is 1. The van der Waals surface area contributed by atoms with Gasteiger partial charge in [-0.1, -0.05) is 12.1 Å². The molecule has 0 radical (unpaired) electrons. The monoisotopic (exact) mass is 356 g/mol. The molecule has 2 atom stereocenters. The highest BCUT2D eigenvalue weighted by Gasteiger charge is 2.34. The Morgan fingerprint density at radius 3 is 2.58 bits per heavy atom. The van der Waals surface area contributed by atoms with Crippen molar-refractivity contribution in [3.63, 3.8) is 0 Å². The normalized spacial score (nSPS) is 21.2. The second-order valence-electron chi connectivity index (χ2n) is 5.83. The van der Waals surface area contributed by atoms with Gasteiger partial charge in [-0.05, 0) is 37.6 Å². The average molecular weight is 356 g/mol. The molecule has 2 N–H and O–H groups in total. The largest absolute Gasteiger partial charge is 0.394 e. The van der Waals surface area contributed by atoms with E-state index < -0.39 is 10.0 Å². The fourth-order valence-corrected chi connectivity index (χ4v) is 3.60. The molecule has 2 rings (SSSR count). The van der Waals surface area contributed by atoms with Gasteiger partial charge >= 0.3 is 0 Å². The molecule has 1 saturated heterocycles. The Kier molecular flexibility index (Phi) is 6.34. The smallest absolute Gasteiger partial charge is 0.240 e. The van der Waals surface area contributed by atoms with Gasteiger partial charge in [0.1, 0.15) is 0 Å². The highest BCUT2D eigenvalue weighted by molar-refractivity contribution is 7.89. The fourth-order valence-electron chi connectivity index (χ4n) is 2.87. The number of amides is 1. The molecule has 0 aromatic heterocycles. The maximum Gasteiger partial charge on any atom is 0.240 e. The second-order valence-corrected chi connectivity index (χ2v) is 7.71.